The Bertz CT molecular complexity index is 613. The van der Waals surface area contributed by atoms with Crippen molar-refractivity contribution in [3.05, 3.63) is 36.3 Å². The molecule has 2 amide bonds. The Labute approximate surface area is 128 Å². The van der Waals surface area contributed by atoms with Gasteiger partial charge in [0.05, 0.1) is 11.9 Å². The molecule has 114 valence electrons. The van der Waals surface area contributed by atoms with E-state index in [0.717, 1.165) is 0 Å². The molecule has 0 saturated carbocycles. The van der Waals surface area contributed by atoms with Gasteiger partial charge in [-0.2, -0.15) is 5.26 Å². The van der Waals surface area contributed by atoms with Gasteiger partial charge in [-0.3, -0.25) is 14.6 Å². The lowest BCUT2D eigenvalue weighted by Crippen LogP contribution is -2.50. The van der Waals surface area contributed by atoms with Crippen molar-refractivity contribution < 1.29 is 9.59 Å². The summed E-state index contributed by atoms with van der Waals surface area (Å²) in [5, 5.41) is 12.0. The number of hydrogen-bond acceptors (Lipinski definition) is 5. The zero-order chi connectivity index (χ0) is 15.9. The van der Waals surface area contributed by atoms with E-state index in [1.165, 1.54) is 13.1 Å². The Hall–Kier alpha value is -2.88. The Morgan fingerprint density at radius 3 is 2.55 bits per heavy atom. The summed E-state index contributed by atoms with van der Waals surface area (Å²) in [4.78, 5) is 30.8. The number of aromatic nitrogens is 1. The zero-order valence-electron chi connectivity index (χ0n) is 12.3. The maximum atomic E-state index is 12.3. The standard InChI is InChI=1S/C15H17N5O2/c1-12(21)19-5-7-20(8-6-19)15(22)13(9-16)10-18-14-3-2-4-17-11-14/h2-4,10-11,18H,5-8H2,1H3/b13-10-. The van der Waals surface area contributed by atoms with Crippen LogP contribution in [0.1, 0.15) is 6.92 Å². The van der Waals surface area contributed by atoms with Gasteiger partial charge >= 0.3 is 0 Å². The van der Waals surface area contributed by atoms with E-state index in [4.69, 9.17) is 5.26 Å². The number of piperazine rings is 1. The van der Waals surface area contributed by atoms with Gasteiger partial charge in [-0.1, -0.05) is 0 Å². The first kappa shape index (κ1) is 15.5. The van der Waals surface area contributed by atoms with Gasteiger partial charge in [0.15, 0.2) is 0 Å². The van der Waals surface area contributed by atoms with E-state index in [1.54, 1.807) is 34.3 Å². The Morgan fingerprint density at radius 1 is 1.32 bits per heavy atom. The first-order valence-corrected chi connectivity index (χ1v) is 6.93. The molecule has 0 radical (unpaired) electrons. The average Bonchev–Trinajstić information content (AvgIpc) is 2.56. The van der Waals surface area contributed by atoms with E-state index in [-0.39, 0.29) is 17.4 Å². The van der Waals surface area contributed by atoms with Gasteiger partial charge in [0.2, 0.25) is 5.91 Å². The SMILES string of the molecule is CC(=O)N1CCN(C(=O)/C(C#N)=C\Nc2cccnc2)CC1. The molecule has 0 atom stereocenters. The Kier molecular flexibility index (Phi) is 5.09. The molecule has 0 bridgehead atoms. The number of nitrogens with zero attached hydrogens (tertiary/aromatic N) is 4. The topological polar surface area (TPSA) is 89.3 Å². The molecule has 1 fully saturated rings. The molecule has 1 aliphatic rings. The molecule has 2 rings (SSSR count). The number of hydrogen-bond donors (Lipinski definition) is 1. The third-order valence-corrected chi connectivity index (χ3v) is 3.41. The van der Waals surface area contributed by atoms with Gasteiger partial charge in [-0.25, -0.2) is 0 Å². The molecule has 7 nitrogen and oxygen atoms in total. The highest BCUT2D eigenvalue weighted by Gasteiger charge is 2.24. The number of carbonyl (C=O) groups is 2. The molecule has 1 aromatic heterocycles. The molecular weight excluding hydrogens is 282 g/mol. The van der Waals surface area contributed by atoms with Crippen LogP contribution in [0.2, 0.25) is 0 Å². The summed E-state index contributed by atoms with van der Waals surface area (Å²) in [6.07, 6.45) is 4.62. The van der Waals surface area contributed by atoms with E-state index in [9.17, 15) is 9.59 Å². The second-order valence-corrected chi connectivity index (χ2v) is 4.85. The maximum absolute atomic E-state index is 12.3. The van der Waals surface area contributed by atoms with Crippen LogP contribution in [0.25, 0.3) is 0 Å². The van der Waals surface area contributed by atoms with E-state index in [1.807, 2.05) is 6.07 Å². The monoisotopic (exact) mass is 299 g/mol. The quantitative estimate of drug-likeness (QED) is 0.652. The van der Waals surface area contributed by atoms with E-state index in [2.05, 4.69) is 10.3 Å². The normalized spacial score (nSPS) is 15.2. The number of nitrogens with one attached hydrogen (secondary N) is 1. The predicted octanol–water partition coefficient (Wildman–Crippen LogP) is 0.592. The van der Waals surface area contributed by atoms with Gasteiger partial charge < -0.3 is 15.1 Å². The molecule has 0 spiro atoms. The summed E-state index contributed by atoms with van der Waals surface area (Å²) in [7, 11) is 0. The second-order valence-electron chi connectivity index (χ2n) is 4.85. The largest absolute Gasteiger partial charge is 0.359 e. The lowest BCUT2D eigenvalue weighted by Gasteiger charge is -2.34. The summed E-state index contributed by atoms with van der Waals surface area (Å²) in [6, 6.07) is 5.45. The van der Waals surface area contributed by atoms with Crippen LogP contribution in [-0.2, 0) is 9.59 Å². The van der Waals surface area contributed by atoms with Crippen LogP contribution in [0.15, 0.2) is 36.3 Å². The number of rotatable bonds is 3. The van der Waals surface area contributed by atoms with E-state index in [0.29, 0.717) is 31.9 Å². The van der Waals surface area contributed by atoms with Gasteiger partial charge in [0, 0.05) is 45.5 Å². The summed E-state index contributed by atoms with van der Waals surface area (Å²) < 4.78 is 0. The number of nitriles is 1. The molecule has 1 aromatic rings. The summed E-state index contributed by atoms with van der Waals surface area (Å²) >= 11 is 0. The molecule has 1 saturated heterocycles. The minimum atomic E-state index is -0.331. The lowest BCUT2D eigenvalue weighted by molar-refractivity contribution is -0.136. The third-order valence-electron chi connectivity index (χ3n) is 3.41. The molecule has 1 aliphatic heterocycles. The zero-order valence-corrected chi connectivity index (χ0v) is 12.3. The fourth-order valence-corrected chi connectivity index (χ4v) is 2.14. The molecule has 0 aromatic carbocycles. The molecule has 2 heterocycles. The van der Waals surface area contributed by atoms with Crippen LogP contribution in [0, 0.1) is 11.3 Å². The van der Waals surface area contributed by atoms with Crippen LogP contribution < -0.4 is 5.32 Å². The molecular formula is C15H17N5O2. The minimum absolute atomic E-state index is 0.00129. The van der Waals surface area contributed by atoms with Crippen LogP contribution in [-0.4, -0.2) is 52.8 Å². The summed E-state index contributed by atoms with van der Waals surface area (Å²) in [5.74, 6) is -0.330. The van der Waals surface area contributed by atoms with Crippen molar-refractivity contribution in [1.82, 2.24) is 14.8 Å². The van der Waals surface area contributed by atoms with Crippen molar-refractivity contribution in [2.24, 2.45) is 0 Å². The van der Waals surface area contributed by atoms with E-state index >= 15 is 0 Å². The van der Waals surface area contributed by atoms with Crippen molar-refractivity contribution in [3.8, 4) is 6.07 Å². The van der Waals surface area contributed by atoms with Crippen LogP contribution in [0.5, 0.6) is 0 Å². The predicted molar refractivity (Wildman–Crippen MR) is 80.4 cm³/mol. The first-order valence-electron chi connectivity index (χ1n) is 6.93. The fourth-order valence-electron chi connectivity index (χ4n) is 2.14. The highest BCUT2D eigenvalue weighted by molar-refractivity contribution is 5.97. The summed E-state index contributed by atoms with van der Waals surface area (Å²) in [6.45, 7) is 3.37. The Balaban J connectivity index is 1.98. The van der Waals surface area contributed by atoms with E-state index < -0.39 is 0 Å². The minimum Gasteiger partial charge on any atom is -0.359 e. The number of carbonyl (C=O) groups excluding carboxylic acids is 2. The maximum Gasteiger partial charge on any atom is 0.266 e. The fraction of sp³-hybridized carbons (Fsp3) is 0.333. The van der Waals surface area contributed by atoms with Crippen LogP contribution in [0.4, 0.5) is 5.69 Å². The van der Waals surface area contributed by atoms with Crippen molar-refractivity contribution in [1.29, 1.82) is 5.26 Å². The van der Waals surface area contributed by atoms with Gasteiger partial charge in [0.25, 0.3) is 5.91 Å². The molecule has 22 heavy (non-hydrogen) atoms. The number of anilines is 1. The highest BCUT2D eigenvalue weighted by atomic mass is 16.2. The van der Waals surface area contributed by atoms with Gasteiger partial charge in [-0.05, 0) is 12.1 Å². The number of pyridine rings is 1. The lowest BCUT2D eigenvalue weighted by atomic mass is 10.2. The molecule has 0 unspecified atom stereocenters. The molecule has 1 N–H and O–H groups in total. The van der Waals surface area contributed by atoms with Crippen molar-refractivity contribution in [2.45, 2.75) is 6.92 Å². The second kappa shape index (κ2) is 7.22. The van der Waals surface area contributed by atoms with Gasteiger partial charge in [-0.15, -0.1) is 0 Å². The average molecular weight is 299 g/mol. The van der Waals surface area contributed by atoms with Crippen LogP contribution in [0.3, 0.4) is 0 Å². The molecule has 0 aliphatic carbocycles. The smallest absolute Gasteiger partial charge is 0.266 e. The van der Waals surface area contributed by atoms with Crippen molar-refractivity contribution >= 4 is 17.5 Å². The summed E-state index contributed by atoms with van der Waals surface area (Å²) in [5.41, 5.74) is 0.726. The van der Waals surface area contributed by atoms with Crippen molar-refractivity contribution in [3.63, 3.8) is 0 Å². The van der Waals surface area contributed by atoms with Crippen LogP contribution >= 0.6 is 0 Å². The first-order chi connectivity index (χ1) is 10.6. The van der Waals surface area contributed by atoms with Gasteiger partial charge in [0.1, 0.15) is 11.6 Å². The molecule has 7 heteroatoms. The number of amides is 2. The van der Waals surface area contributed by atoms with Crippen molar-refractivity contribution in [2.75, 3.05) is 31.5 Å². The third kappa shape index (κ3) is 3.82. The highest BCUT2D eigenvalue weighted by Crippen LogP contribution is 2.09. The Morgan fingerprint density at radius 2 is 2.00 bits per heavy atom.